The van der Waals surface area contributed by atoms with Crippen molar-refractivity contribution in [1.82, 2.24) is 15.5 Å². The smallest absolute Gasteiger partial charge is 0.223 e. The van der Waals surface area contributed by atoms with Gasteiger partial charge in [0.1, 0.15) is 0 Å². The van der Waals surface area contributed by atoms with E-state index in [1.165, 1.54) is 12.8 Å². The van der Waals surface area contributed by atoms with E-state index in [1.54, 1.807) is 0 Å². The molecule has 0 aromatic heterocycles. The monoisotopic (exact) mass is 341 g/mol. The van der Waals surface area contributed by atoms with Crippen LogP contribution in [-0.2, 0) is 9.59 Å². The normalized spacial score (nSPS) is 32.2. The van der Waals surface area contributed by atoms with Gasteiger partial charge in [-0.25, -0.2) is 0 Å². The number of hydrogen-bond donors (Lipinski definition) is 2. The summed E-state index contributed by atoms with van der Waals surface area (Å²) in [6.07, 6.45) is 5.71. The van der Waals surface area contributed by atoms with Gasteiger partial charge in [0, 0.05) is 31.6 Å². The van der Waals surface area contributed by atoms with Crippen LogP contribution < -0.4 is 10.6 Å². The molecule has 3 saturated heterocycles. The highest BCUT2D eigenvalue weighted by Crippen LogP contribution is 2.34. The minimum Gasteiger partial charge on any atom is -0.354 e. The first kappa shape index (κ1) is 16.6. The van der Waals surface area contributed by atoms with Gasteiger partial charge in [-0.3, -0.25) is 9.59 Å². The first-order chi connectivity index (χ1) is 12.2. The second-order valence-electron chi connectivity index (χ2n) is 7.75. The molecule has 3 fully saturated rings. The predicted octanol–water partition coefficient (Wildman–Crippen LogP) is 2.00. The van der Waals surface area contributed by atoms with Crippen molar-refractivity contribution in [2.24, 2.45) is 5.92 Å². The van der Waals surface area contributed by atoms with Crippen molar-refractivity contribution in [2.75, 3.05) is 13.1 Å². The maximum Gasteiger partial charge on any atom is 0.223 e. The van der Waals surface area contributed by atoms with E-state index in [0.717, 1.165) is 18.4 Å². The molecular formula is C20H27N3O2. The molecule has 0 spiro atoms. The zero-order valence-corrected chi connectivity index (χ0v) is 14.6. The summed E-state index contributed by atoms with van der Waals surface area (Å²) in [7, 11) is 0. The highest BCUT2D eigenvalue weighted by molar-refractivity contribution is 5.81. The third-order valence-electron chi connectivity index (χ3n) is 5.97. The molecule has 5 nitrogen and oxygen atoms in total. The van der Waals surface area contributed by atoms with Crippen molar-refractivity contribution < 1.29 is 9.59 Å². The van der Waals surface area contributed by atoms with E-state index in [0.29, 0.717) is 43.9 Å². The second-order valence-corrected chi connectivity index (χ2v) is 7.75. The standard InChI is InChI=1S/C20H27N3O2/c24-19-13-18(15-4-2-1-3-5-15)23(9-8-21-19)20(25)12-14-10-16-6-7-17(11-14)22-16/h1-5,14,16-18,22H,6-13H2,(H,21,24). The molecule has 3 atom stereocenters. The number of benzene rings is 1. The molecule has 0 aliphatic carbocycles. The van der Waals surface area contributed by atoms with Crippen LogP contribution in [0.1, 0.15) is 50.1 Å². The lowest BCUT2D eigenvalue weighted by Gasteiger charge is -2.33. The number of rotatable bonds is 3. The maximum atomic E-state index is 13.1. The number of nitrogens with zero attached hydrogens (tertiary/aromatic N) is 1. The molecule has 3 aliphatic rings. The quantitative estimate of drug-likeness (QED) is 0.884. The summed E-state index contributed by atoms with van der Waals surface area (Å²) >= 11 is 0. The topological polar surface area (TPSA) is 61.4 Å². The Balaban J connectivity index is 1.49. The first-order valence-corrected chi connectivity index (χ1v) is 9.56. The second kappa shape index (κ2) is 7.16. The highest BCUT2D eigenvalue weighted by Gasteiger charge is 2.36. The highest BCUT2D eigenvalue weighted by atomic mass is 16.2. The van der Waals surface area contributed by atoms with E-state index >= 15 is 0 Å². The molecule has 0 radical (unpaired) electrons. The van der Waals surface area contributed by atoms with Gasteiger partial charge in [0.2, 0.25) is 11.8 Å². The summed E-state index contributed by atoms with van der Waals surface area (Å²) in [4.78, 5) is 27.1. The minimum absolute atomic E-state index is 0.0315. The van der Waals surface area contributed by atoms with Crippen LogP contribution in [0.5, 0.6) is 0 Å². The van der Waals surface area contributed by atoms with E-state index in [9.17, 15) is 9.59 Å². The van der Waals surface area contributed by atoms with E-state index in [4.69, 9.17) is 0 Å². The van der Waals surface area contributed by atoms with Crippen LogP contribution in [-0.4, -0.2) is 41.9 Å². The van der Waals surface area contributed by atoms with E-state index < -0.39 is 0 Å². The molecule has 3 heterocycles. The summed E-state index contributed by atoms with van der Waals surface area (Å²) in [6.45, 7) is 1.15. The van der Waals surface area contributed by atoms with Gasteiger partial charge in [-0.05, 0) is 37.2 Å². The van der Waals surface area contributed by atoms with Gasteiger partial charge in [-0.15, -0.1) is 0 Å². The predicted molar refractivity (Wildman–Crippen MR) is 95.8 cm³/mol. The van der Waals surface area contributed by atoms with Crippen LogP contribution in [0, 0.1) is 5.92 Å². The molecule has 1 aromatic carbocycles. The summed E-state index contributed by atoms with van der Waals surface area (Å²) in [5, 5.41) is 6.56. The van der Waals surface area contributed by atoms with Crippen molar-refractivity contribution in [3.05, 3.63) is 35.9 Å². The number of amides is 2. The number of fused-ring (bicyclic) bond motifs is 2. The molecule has 1 aromatic rings. The van der Waals surface area contributed by atoms with Gasteiger partial charge in [-0.2, -0.15) is 0 Å². The zero-order chi connectivity index (χ0) is 17.2. The van der Waals surface area contributed by atoms with Crippen LogP contribution in [0.15, 0.2) is 30.3 Å². The van der Waals surface area contributed by atoms with Gasteiger partial charge >= 0.3 is 0 Å². The van der Waals surface area contributed by atoms with Crippen LogP contribution in [0.2, 0.25) is 0 Å². The Morgan fingerprint density at radius 2 is 1.84 bits per heavy atom. The molecule has 0 saturated carbocycles. The van der Waals surface area contributed by atoms with Crippen LogP contribution in [0.25, 0.3) is 0 Å². The average Bonchev–Trinajstić information content (AvgIpc) is 2.84. The Bertz CT molecular complexity index is 621. The van der Waals surface area contributed by atoms with Crippen molar-refractivity contribution in [1.29, 1.82) is 0 Å². The molecule has 134 valence electrons. The Kier molecular flexibility index (Phi) is 4.75. The molecular weight excluding hydrogens is 314 g/mol. The molecule has 2 N–H and O–H groups in total. The lowest BCUT2D eigenvalue weighted by Crippen LogP contribution is -2.42. The summed E-state index contributed by atoms with van der Waals surface area (Å²) in [5.41, 5.74) is 1.05. The molecule has 2 bridgehead atoms. The summed E-state index contributed by atoms with van der Waals surface area (Å²) in [6, 6.07) is 11.0. The third-order valence-corrected chi connectivity index (χ3v) is 5.97. The first-order valence-electron chi connectivity index (χ1n) is 9.56. The number of carbonyl (C=O) groups is 2. The SMILES string of the molecule is O=C1CC(c2ccccc2)N(C(=O)CC2CC3CCC(C2)N3)CCN1. The van der Waals surface area contributed by atoms with Crippen molar-refractivity contribution >= 4 is 11.8 Å². The molecule has 5 heteroatoms. The van der Waals surface area contributed by atoms with Crippen LogP contribution >= 0.6 is 0 Å². The molecule has 25 heavy (non-hydrogen) atoms. The fourth-order valence-electron chi connectivity index (χ4n) is 4.81. The van der Waals surface area contributed by atoms with Crippen molar-refractivity contribution in [3.8, 4) is 0 Å². The maximum absolute atomic E-state index is 13.1. The van der Waals surface area contributed by atoms with Crippen molar-refractivity contribution in [2.45, 2.75) is 56.7 Å². The third kappa shape index (κ3) is 3.71. The number of hydrogen-bond acceptors (Lipinski definition) is 3. The Morgan fingerprint density at radius 1 is 1.12 bits per heavy atom. The van der Waals surface area contributed by atoms with Gasteiger partial charge in [0.05, 0.1) is 12.5 Å². The van der Waals surface area contributed by atoms with E-state index in [2.05, 4.69) is 10.6 Å². The lowest BCUT2D eigenvalue weighted by molar-refractivity contribution is -0.135. The largest absolute Gasteiger partial charge is 0.354 e. The molecule has 3 unspecified atom stereocenters. The number of carbonyl (C=O) groups excluding carboxylic acids is 2. The number of nitrogens with one attached hydrogen (secondary N) is 2. The fourth-order valence-corrected chi connectivity index (χ4v) is 4.81. The zero-order valence-electron chi connectivity index (χ0n) is 14.6. The van der Waals surface area contributed by atoms with Gasteiger partial charge < -0.3 is 15.5 Å². The Labute approximate surface area is 149 Å². The fraction of sp³-hybridized carbons (Fsp3) is 0.600. The average molecular weight is 341 g/mol. The number of piperidine rings is 1. The van der Waals surface area contributed by atoms with Crippen LogP contribution in [0.4, 0.5) is 0 Å². The summed E-state index contributed by atoms with van der Waals surface area (Å²) < 4.78 is 0. The van der Waals surface area contributed by atoms with E-state index in [-0.39, 0.29) is 17.9 Å². The van der Waals surface area contributed by atoms with Gasteiger partial charge in [0.15, 0.2) is 0 Å². The molecule has 4 rings (SSSR count). The Morgan fingerprint density at radius 3 is 2.56 bits per heavy atom. The van der Waals surface area contributed by atoms with Crippen LogP contribution in [0.3, 0.4) is 0 Å². The summed E-state index contributed by atoms with van der Waals surface area (Å²) in [5.74, 6) is 0.718. The van der Waals surface area contributed by atoms with Crippen molar-refractivity contribution in [3.63, 3.8) is 0 Å². The molecule has 2 amide bonds. The lowest BCUT2D eigenvalue weighted by atomic mass is 9.89. The Hall–Kier alpha value is -1.88. The molecule has 3 aliphatic heterocycles. The van der Waals surface area contributed by atoms with E-state index in [1.807, 2.05) is 35.2 Å². The van der Waals surface area contributed by atoms with Gasteiger partial charge in [0.25, 0.3) is 0 Å². The van der Waals surface area contributed by atoms with Gasteiger partial charge in [-0.1, -0.05) is 30.3 Å². The minimum atomic E-state index is -0.144.